The average Bonchev–Trinajstić information content (AvgIpc) is 3.39. The minimum absolute atomic E-state index is 0. The van der Waals surface area contributed by atoms with Gasteiger partial charge in [-0.1, -0.05) is 11.3 Å². The van der Waals surface area contributed by atoms with E-state index in [4.69, 9.17) is 0 Å². The van der Waals surface area contributed by atoms with E-state index >= 15 is 0 Å². The van der Waals surface area contributed by atoms with E-state index in [2.05, 4.69) is 20.9 Å². The van der Waals surface area contributed by atoms with E-state index in [1.807, 2.05) is 0 Å². The minimum atomic E-state index is -4.44. The van der Waals surface area contributed by atoms with Gasteiger partial charge >= 0.3 is 6.18 Å². The molecule has 1 atom stereocenters. The van der Waals surface area contributed by atoms with E-state index in [-0.39, 0.29) is 41.7 Å². The molecule has 6 nitrogen and oxygen atoms in total. The maximum Gasteiger partial charge on any atom is 0.416 e. The zero-order valence-corrected chi connectivity index (χ0v) is 15.8. The number of piperidine rings is 1. The fourth-order valence-corrected chi connectivity index (χ4v) is 3.41. The molecule has 1 amide bonds. The van der Waals surface area contributed by atoms with Crippen LogP contribution in [0.5, 0.6) is 0 Å². The maximum absolute atomic E-state index is 13.0. The van der Waals surface area contributed by atoms with Gasteiger partial charge in [-0.25, -0.2) is 4.68 Å². The van der Waals surface area contributed by atoms with E-state index in [1.54, 1.807) is 6.07 Å². The Morgan fingerprint density at radius 2 is 2.04 bits per heavy atom. The molecule has 152 valence electrons. The van der Waals surface area contributed by atoms with Gasteiger partial charge in [0.15, 0.2) is 5.69 Å². The zero-order chi connectivity index (χ0) is 19.0. The Labute approximate surface area is 166 Å². The highest BCUT2D eigenvalue weighted by Crippen LogP contribution is 2.42. The van der Waals surface area contributed by atoms with Gasteiger partial charge in [-0.2, -0.15) is 13.2 Å². The molecule has 2 aliphatic rings. The first-order chi connectivity index (χ1) is 12.9. The molecule has 2 N–H and O–H groups in total. The van der Waals surface area contributed by atoms with Gasteiger partial charge in [-0.3, -0.25) is 4.79 Å². The molecule has 0 radical (unpaired) electrons. The van der Waals surface area contributed by atoms with Gasteiger partial charge in [-0.15, -0.1) is 17.5 Å². The monoisotopic (exact) mass is 415 g/mol. The second-order valence-electron chi connectivity index (χ2n) is 7.07. The van der Waals surface area contributed by atoms with Gasteiger partial charge < -0.3 is 10.6 Å². The summed E-state index contributed by atoms with van der Waals surface area (Å²) in [6.07, 6.45) is -0.823. The van der Waals surface area contributed by atoms with Gasteiger partial charge in [0.1, 0.15) is 0 Å². The van der Waals surface area contributed by atoms with Crippen molar-refractivity contribution >= 4 is 18.3 Å². The SMILES string of the molecule is Cl.O=C(N[C@H]1CCCNC1)c1nnn(-c2cccc(C(F)(F)F)c2)c1C1CC1. The summed E-state index contributed by atoms with van der Waals surface area (Å²) in [6.45, 7) is 1.64. The third kappa shape index (κ3) is 4.30. The molecule has 2 aromatic rings. The third-order valence-corrected chi connectivity index (χ3v) is 4.93. The van der Waals surface area contributed by atoms with Crippen LogP contribution in [0, 0.1) is 0 Å². The molecular formula is C18H21ClF3N5O. The van der Waals surface area contributed by atoms with E-state index in [9.17, 15) is 18.0 Å². The predicted molar refractivity (Wildman–Crippen MR) is 98.9 cm³/mol. The second-order valence-corrected chi connectivity index (χ2v) is 7.07. The van der Waals surface area contributed by atoms with Crippen molar-refractivity contribution in [3.63, 3.8) is 0 Å². The van der Waals surface area contributed by atoms with Crippen molar-refractivity contribution in [3.8, 4) is 5.69 Å². The summed E-state index contributed by atoms with van der Waals surface area (Å²) in [5.41, 5.74) is 0.310. The molecule has 2 fully saturated rings. The van der Waals surface area contributed by atoms with Crippen molar-refractivity contribution in [1.82, 2.24) is 25.6 Å². The van der Waals surface area contributed by atoms with Gasteiger partial charge in [0.2, 0.25) is 0 Å². The minimum Gasteiger partial charge on any atom is -0.347 e. The molecule has 1 saturated carbocycles. The lowest BCUT2D eigenvalue weighted by Gasteiger charge is -2.23. The van der Waals surface area contributed by atoms with Crippen molar-refractivity contribution in [2.45, 2.75) is 43.8 Å². The lowest BCUT2D eigenvalue weighted by atomic mass is 10.1. The molecule has 4 rings (SSSR count). The number of benzene rings is 1. The van der Waals surface area contributed by atoms with Crippen LogP contribution in [-0.4, -0.2) is 40.0 Å². The fourth-order valence-electron chi connectivity index (χ4n) is 3.41. The number of alkyl halides is 3. The predicted octanol–water partition coefficient (Wildman–Crippen LogP) is 3.07. The molecule has 10 heteroatoms. The smallest absolute Gasteiger partial charge is 0.347 e. The molecule has 2 heterocycles. The lowest BCUT2D eigenvalue weighted by molar-refractivity contribution is -0.137. The summed E-state index contributed by atoms with van der Waals surface area (Å²) in [7, 11) is 0. The first kappa shape index (κ1) is 20.6. The summed E-state index contributed by atoms with van der Waals surface area (Å²) in [5.74, 6) is -0.219. The number of halogens is 4. The summed E-state index contributed by atoms with van der Waals surface area (Å²) < 4.78 is 40.5. The van der Waals surface area contributed by atoms with Crippen LogP contribution in [-0.2, 0) is 6.18 Å². The zero-order valence-electron chi connectivity index (χ0n) is 15.0. The van der Waals surface area contributed by atoms with Crippen LogP contribution in [0.3, 0.4) is 0 Å². The van der Waals surface area contributed by atoms with Crippen LogP contribution in [0.2, 0.25) is 0 Å². The molecule has 0 unspecified atom stereocenters. The summed E-state index contributed by atoms with van der Waals surface area (Å²) in [4.78, 5) is 12.7. The number of aromatic nitrogens is 3. The van der Waals surface area contributed by atoms with Gasteiger partial charge in [-0.05, 0) is 50.4 Å². The first-order valence-electron chi connectivity index (χ1n) is 9.08. The number of rotatable bonds is 4. The quantitative estimate of drug-likeness (QED) is 0.805. The van der Waals surface area contributed by atoms with Gasteiger partial charge in [0.25, 0.3) is 5.91 Å². The van der Waals surface area contributed by atoms with E-state index < -0.39 is 11.7 Å². The Hall–Kier alpha value is -2.13. The van der Waals surface area contributed by atoms with Crippen LogP contribution in [0.1, 0.15) is 53.3 Å². The fraction of sp³-hybridized carbons (Fsp3) is 0.500. The van der Waals surface area contributed by atoms with E-state index in [1.165, 1.54) is 10.7 Å². The van der Waals surface area contributed by atoms with Crippen LogP contribution in [0.25, 0.3) is 5.69 Å². The van der Waals surface area contributed by atoms with Crippen LogP contribution >= 0.6 is 12.4 Å². The number of carbonyl (C=O) groups is 1. The highest BCUT2D eigenvalue weighted by molar-refractivity contribution is 5.94. The second kappa shape index (κ2) is 8.08. The Balaban J connectivity index is 0.00000225. The average molecular weight is 416 g/mol. The van der Waals surface area contributed by atoms with E-state index in [0.29, 0.717) is 12.2 Å². The molecular weight excluding hydrogens is 395 g/mol. The largest absolute Gasteiger partial charge is 0.416 e. The molecule has 1 aromatic heterocycles. The molecule has 1 saturated heterocycles. The van der Waals surface area contributed by atoms with E-state index in [0.717, 1.165) is 44.4 Å². The highest BCUT2D eigenvalue weighted by atomic mass is 35.5. The third-order valence-electron chi connectivity index (χ3n) is 4.93. The molecule has 1 aliphatic carbocycles. The maximum atomic E-state index is 13.0. The number of nitrogens with one attached hydrogen (secondary N) is 2. The van der Waals surface area contributed by atoms with Crippen LogP contribution in [0.4, 0.5) is 13.2 Å². The summed E-state index contributed by atoms with van der Waals surface area (Å²) in [5, 5.41) is 14.2. The first-order valence-corrected chi connectivity index (χ1v) is 9.08. The number of nitrogens with zero attached hydrogens (tertiary/aromatic N) is 3. The lowest BCUT2D eigenvalue weighted by Crippen LogP contribution is -2.45. The Morgan fingerprint density at radius 1 is 1.25 bits per heavy atom. The van der Waals surface area contributed by atoms with Crippen molar-refractivity contribution in [2.24, 2.45) is 0 Å². The van der Waals surface area contributed by atoms with Crippen molar-refractivity contribution < 1.29 is 18.0 Å². The topological polar surface area (TPSA) is 71.8 Å². The molecule has 1 aromatic carbocycles. The van der Waals surface area contributed by atoms with Crippen molar-refractivity contribution in [3.05, 3.63) is 41.2 Å². The summed E-state index contributed by atoms with van der Waals surface area (Å²) in [6, 6.07) is 4.96. The molecule has 1 aliphatic heterocycles. The highest BCUT2D eigenvalue weighted by Gasteiger charge is 2.36. The standard InChI is InChI=1S/C18H20F3N5O.ClH/c19-18(20,21)12-3-1-5-14(9-12)26-16(11-6-7-11)15(24-25-26)17(27)23-13-4-2-8-22-10-13;/h1,3,5,9,11,13,22H,2,4,6-8,10H2,(H,23,27);1H/t13-;/m0./s1. The van der Waals surface area contributed by atoms with Crippen molar-refractivity contribution in [1.29, 1.82) is 0 Å². The van der Waals surface area contributed by atoms with Crippen molar-refractivity contribution in [2.75, 3.05) is 13.1 Å². The number of hydrogen-bond donors (Lipinski definition) is 2. The Bertz CT molecular complexity index is 844. The van der Waals surface area contributed by atoms with Crippen LogP contribution in [0.15, 0.2) is 24.3 Å². The van der Waals surface area contributed by atoms with Crippen LogP contribution < -0.4 is 10.6 Å². The summed E-state index contributed by atoms with van der Waals surface area (Å²) >= 11 is 0. The Morgan fingerprint density at radius 3 is 2.68 bits per heavy atom. The Kier molecular flexibility index (Phi) is 5.95. The number of carbonyl (C=O) groups excluding carboxylic acids is 1. The number of amides is 1. The normalized spacial score (nSPS) is 19.8. The van der Waals surface area contributed by atoms with Gasteiger partial charge in [0.05, 0.1) is 16.9 Å². The molecule has 0 spiro atoms. The number of hydrogen-bond acceptors (Lipinski definition) is 4. The van der Waals surface area contributed by atoms with Gasteiger partial charge in [0, 0.05) is 18.5 Å². The molecule has 28 heavy (non-hydrogen) atoms. The molecule has 0 bridgehead atoms.